The van der Waals surface area contributed by atoms with E-state index in [1.807, 2.05) is 12.1 Å². The van der Waals surface area contributed by atoms with Crippen LogP contribution < -0.4 is 23.7 Å². The second kappa shape index (κ2) is 12.0. The lowest BCUT2D eigenvalue weighted by Gasteiger charge is -2.23. The highest BCUT2D eigenvalue weighted by atomic mass is 16.6. The molecule has 1 heterocycles. The molecular formula is C25H32O10. The highest BCUT2D eigenvalue weighted by Gasteiger charge is 2.39. The second-order valence-electron chi connectivity index (χ2n) is 7.94. The molecular weight excluding hydrogens is 460 g/mol. The van der Waals surface area contributed by atoms with Crippen molar-refractivity contribution in [3.05, 3.63) is 41.0 Å². The van der Waals surface area contributed by atoms with Gasteiger partial charge in [0.1, 0.15) is 6.10 Å². The summed E-state index contributed by atoms with van der Waals surface area (Å²) in [5.41, 5.74) is 2.40. The number of aryl methyl sites for hydroxylation is 1. The van der Waals surface area contributed by atoms with E-state index in [0.717, 1.165) is 11.1 Å². The van der Waals surface area contributed by atoms with E-state index in [1.165, 1.54) is 21.3 Å². The normalized spacial score (nSPS) is 17.2. The minimum absolute atomic E-state index is 0.0725. The first-order valence-corrected chi connectivity index (χ1v) is 11.2. The smallest absolute Gasteiger partial charge is 0.349 e. The Kier molecular flexibility index (Phi) is 9.02. The third-order valence-corrected chi connectivity index (χ3v) is 5.89. The Morgan fingerprint density at radius 2 is 1.63 bits per heavy atom. The minimum Gasteiger partial charge on any atom is -0.493 e. The van der Waals surface area contributed by atoms with Crippen molar-refractivity contribution in [2.45, 2.75) is 31.0 Å². The van der Waals surface area contributed by atoms with E-state index in [0.29, 0.717) is 29.9 Å². The van der Waals surface area contributed by atoms with Crippen LogP contribution in [-0.4, -0.2) is 75.7 Å². The van der Waals surface area contributed by atoms with Crippen LogP contribution in [0.25, 0.3) is 0 Å². The van der Waals surface area contributed by atoms with Crippen LogP contribution in [0.4, 0.5) is 0 Å². The first kappa shape index (κ1) is 26.4. The summed E-state index contributed by atoms with van der Waals surface area (Å²) >= 11 is 0. The van der Waals surface area contributed by atoms with Gasteiger partial charge in [0.25, 0.3) is 0 Å². The Hall–Kier alpha value is -3.21. The number of ether oxygens (including phenoxy) is 6. The third-order valence-electron chi connectivity index (χ3n) is 5.89. The van der Waals surface area contributed by atoms with Crippen LogP contribution in [-0.2, 0) is 16.0 Å². The van der Waals surface area contributed by atoms with E-state index < -0.39 is 30.7 Å². The van der Waals surface area contributed by atoms with Crippen molar-refractivity contribution in [2.75, 3.05) is 48.3 Å². The molecule has 2 aromatic rings. The summed E-state index contributed by atoms with van der Waals surface area (Å²) in [6, 6.07) is 7.16. The Morgan fingerprint density at radius 1 is 0.971 bits per heavy atom. The van der Waals surface area contributed by atoms with E-state index >= 15 is 0 Å². The van der Waals surface area contributed by atoms with Gasteiger partial charge in [-0.1, -0.05) is 6.07 Å². The zero-order valence-electron chi connectivity index (χ0n) is 20.3. The molecule has 0 spiro atoms. The zero-order valence-corrected chi connectivity index (χ0v) is 20.3. The first-order valence-electron chi connectivity index (χ1n) is 11.2. The molecule has 3 atom stereocenters. The Bertz CT molecular complexity index is 997. The van der Waals surface area contributed by atoms with Crippen LogP contribution in [0.5, 0.6) is 28.7 Å². The van der Waals surface area contributed by atoms with Gasteiger partial charge in [-0.05, 0) is 36.6 Å². The molecule has 10 heteroatoms. The fraction of sp³-hybridized carbons (Fsp3) is 0.480. The van der Waals surface area contributed by atoms with E-state index in [-0.39, 0.29) is 30.5 Å². The number of aliphatic hydroxyl groups is 3. The van der Waals surface area contributed by atoms with Crippen molar-refractivity contribution in [1.82, 2.24) is 0 Å². The van der Waals surface area contributed by atoms with E-state index in [4.69, 9.17) is 23.7 Å². The second-order valence-corrected chi connectivity index (χ2v) is 7.94. The molecule has 0 radical (unpaired) electrons. The molecule has 0 aromatic heterocycles. The van der Waals surface area contributed by atoms with Gasteiger partial charge in [0.15, 0.2) is 23.0 Å². The van der Waals surface area contributed by atoms with Crippen LogP contribution in [0, 0.1) is 0 Å². The van der Waals surface area contributed by atoms with E-state index in [9.17, 15) is 20.1 Å². The molecule has 1 aliphatic heterocycles. The number of hydrogen-bond acceptors (Lipinski definition) is 10. The molecule has 0 fully saturated rings. The molecule has 192 valence electrons. The number of rotatable bonds is 12. The van der Waals surface area contributed by atoms with Crippen molar-refractivity contribution in [1.29, 1.82) is 0 Å². The SMILES string of the molecule is COC(=O)C(CO)Oc1c(OC)cc([C@@H]2Oc3c(OC)cc(CCCO)cc3[C@H]2CO)cc1OC. The maximum atomic E-state index is 11.9. The summed E-state index contributed by atoms with van der Waals surface area (Å²) in [4.78, 5) is 11.9. The van der Waals surface area contributed by atoms with Crippen LogP contribution in [0.3, 0.4) is 0 Å². The predicted molar refractivity (Wildman–Crippen MR) is 125 cm³/mol. The number of fused-ring (bicyclic) bond motifs is 1. The molecule has 1 unspecified atom stereocenters. The third kappa shape index (κ3) is 5.39. The molecule has 0 saturated carbocycles. The van der Waals surface area contributed by atoms with Crippen LogP contribution in [0.15, 0.2) is 24.3 Å². The van der Waals surface area contributed by atoms with E-state index in [1.54, 1.807) is 19.2 Å². The minimum atomic E-state index is -1.27. The predicted octanol–water partition coefficient (Wildman–Crippen LogP) is 1.76. The van der Waals surface area contributed by atoms with Crippen molar-refractivity contribution in [3.8, 4) is 28.7 Å². The molecule has 3 rings (SSSR count). The van der Waals surface area contributed by atoms with Crippen molar-refractivity contribution < 1.29 is 48.5 Å². The van der Waals surface area contributed by atoms with Crippen LogP contribution >= 0.6 is 0 Å². The Balaban J connectivity index is 2.02. The molecule has 0 amide bonds. The molecule has 0 bridgehead atoms. The Morgan fingerprint density at radius 3 is 2.14 bits per heavy atom. The van der Waals surface area contributed by atoms with Gasteiger partial charge in [-0.15, -0.1) is 0 Å². The average molecular weight is 493 g/mol. The lowest BCUT2D eigenvalue weighted by molar-refractivity contribution is -0.150. The van der Waals surface area contributed by atoms with Crippen LogP contribution in [0.2, 0.25) is 0 Å². The Labute approximate surface area is 203 Å². The van der Waals surface area contributed by atoms with Crippen molar-refractivity contribution in [3.63, 3.8) is 0 Å². The van der Waals surface area contributed by atoms with Gasteiger partial charge in [0.05, 0.1) is 47.6 Å². The van der Waals surface area contributed by atoms with Crippen LogP contribution in [0.1, 0.15) is 35.1 Å². The molecule has 0 aliphatic carbocycles. The highest BCUT2D eigenvalue weighted by molar-refractivity contribution is 5.75. The average Bonchev–Trinajstić information content (AvgIpc) is 3.27. The summed E-state index contributed by atoms with van der Waals surface area (Å²) in [5, 5.41) is 29.1. The number of esters is 1. The quantitative estimate of drug-likeness (QED) is 0.376. The van der Waals surface area contributed by atoms with Gasteiger partial charge in [-0.25, -0.2) is 4.79 Å². The van der Waals surface area contributed by atoms with Gasteiger partial charge in [0, 0.05) is 17.7 Å². The zero-order chi connectivity index (χ0) is 25.5. The van der Waals surface area contributed by atoms with Gasteiger partial charge >= 0.3 is 5.97 Å². The van der Waals surface area contributed by atoms with Gasteiger partial charge < -0.3 is 43.7 Å². The van der Waals surface area contributed by atoms with Crippen molar-refractivity contribution in [2.24, 2.45) is 0 Å². The summed E-state index contributed by atoms with van der Waals surface area (Å²) in [6.45, 7) is -0.724. The molecule has 10 nitrogen and oxygen atoms in total. The van der Waals surface area contributed by atoms with Gasteiger partial charge in [-0.3, -0.25) is 0 Å². The molecule has 2 aromatic carbocycles. The topological polar surface area (TPSA) is 133 Å². The van der Waals surface area contributed by atoms with E-state index in [2.05, 4.69) is 4.74 Å². The fourth-order valence-electron chi connectivity index (χ4n) is 4.14. The fourth-order valence-corrected chi connectivity index (χ4v) is 4.14. The lowest BCUT2D eigenvalue weighted by atomic mass is 9.90. The molecule has 35 heavy (non-hydrogen) atoms. The monoisotopic (exact) mass is 492 g/mol. The maximum Gasteiger partial charge on any atom is 0.349 e. The summed E-state index contributed by atoms with van der Waals surface area (Å²) in [7, 11) is 5.61. The molecule has 3 N–H and O–H groups in total. The number of aliphatic hydroxyl groups excluding tert-OH is 3. The van der Waals surface area contributed by atoms with Gasteiger partial charge in [0.2, 0.25) is 11.9 Å². The number of hydrogen-bond donors (Lipinski definition) is 3. The highest BCUT2D eigenvalue weighted by Crippen LogP contribution is 2.52. The summed E-state index contributed by atoms with van der Waals surface area (Å²) in [5.74, 6) is 0.520. The van der Waals surface area contributed by atoms with Gasteiger partial charge in [-0.2, -0.15) is 0 Å². The van der Waals surface area contributed by atoms with Crippen molar-refractivity contribution >= 4 is 5.97 Å². The number of benzene rings is 2. The molecule has 1 aliphatic rings. The number of carbonyl (C=O) groups is 1. The maximum absolute atomic E-state index is 11.9. The largest absolute Gasteiger partial charge is 0.493 e. The first-order chi connectivity index (χ1) is 17.0. The number of carbonyl (C=O) groups excluding carboxylic acids is 1. The summed E-state index contributed by atoms with van der Waals surface area (Å²) < 4.78 is 33.2. The number of methoxy groups -OCH3 is 4. The molecule has 0 saturated heterocycles. The lowest BCUT2D eigenvalue weighted by Crippen LogP contribution is -2.32. The standard InChI is InChI=1S/C25H32O10/c1-30-18-9-14(6-5-7-26)8-16-17(12-27)22(35-23(16)18)15-10-19(31-2)24(20(11-15)32-3)34-21(13-28)25(29)33-4/h8-11,17,21-22,26-28H,5-7,12-13H2,1-4H3/t17-,21?,22+/m1/s1. The summed E-state index contributed by atoms with van der Waals surface area (Å²) in [6.07, 6.45) is -0.606.